The summed E-state index contributed by atoms with van der Waals surface area (Å²) < 4.78 is 332. The minimum Gasteiger partial charge on any atom is -0.447 e. The average molecular weight is 1360 g/mol. The van der Waals surface area contributed by atoms with E-state index in [1.165, 1.54) is 90.6 Å². The lowest BCUT2D eigenvalue weighted by Crippen LogP contribution is -2.17. The first-order valence-corrected chi connectivity index (χ1v) is 28.7. The van der Waals surface area contributed by atoms with Gasteiger partial charge in [0.1, 0.15) is 0 Å². The summed E-state index contributed by atoms with van der Waals surface area (Å²) in [5, 5.41) is 0. The molecule has 0 bridgehead atoms. The fourth-order valence-electron chi connectivity index (χ4n) is 9.43. The van der Waals surface area contributed by atoms with Gasteiger partial charge < -0.3 is 18.4 Å². The summed E-state index contributed by atoms with van der Waals surface area (Å²) in [6.45, 7) is 0. The fraction of sp³-hybridized carbons (Fsp3) is 0. The summed E-state index contributed by atoms with van der Waals surface area (Å²) >= 11 is 1.19. The molecule has 0 saturated carbocycles. The van der Waals surface area contributed by atoms with Crippen molar-refractivity contribution in [2.24, 2.45) is 0 Å². The molecule has 0 aliphatic rings. The molecule has 478 valence electrons. The minimum absolute atomic E-state index is 0.0903. The molecule has 11 aromatic carbocycles. The Balaban J connectivity index is 1.25. The van der Waals surface area contributed by atoms with Crippen LogP contribution in [0.5, 0.6) is 34.5 Å². The molecule has 0 amide bonds. The summed E-state index contributed by atoms with van der Waals surface area (Å²) in [6, 6.07) is 42.6. The summed E-state index contributed by atoms with van der Waals surface area (Å²) in [5.74, 6) is -79.9. The Bertz CT molecular complexity index is 4710. The van der Waals surface area contributed by atoms with Gasteiger partial charge >= 0.3 is 5.97 Å². The molecule has 0 aliphatic heterocycles. The van der Waals surface area contributed by atoms with E-state index in [0.29, 0.717) is 20.9 Å². The Morgan fingerprint density at radius 3 is 0.957 bits per heavy atom. The van der Waals surface area contributed by atoms with Crippen LogP contribution in [0.2, 0.25) is 0 Å². The molecule has 0 aliphatic carbocycles. The largest absolute Gasteiger partial charge is 0.447 e. The van der Waals surface area contributed by atoms with Crippen LogP contribution in [-0.4, -0.2) is 5.97 Å². The molecule has 0 aromatic heterocycles. The highest BCUT2D eigenvalue weighted by atomic mass is 32.3. The number of halogens is 20. The van der Waals surface area contributed by atoms with E-state index in [1.54, 1.807) is 42.5 Å². The first kappa shape index (κ1) is 65.1. The average Bonchev–Trinajstić information content (AvgIpc) is 0.732. The summed E-state index contributed by atoms with van der Waals surface area (Å²) in [5.41, 5.74) is -4.41. The van der Waals surface area contributed by atoms with Crippen LogP contribution in [0, 0.1) is 116 Å². The second-order valence-electron chi connectivity index (χ2n) is 19.5. The van der Waals surface area contributed by atoms with Gasteiger partial charge in [-0.3, -0.25) is 0 Å². The highest BCUT2D eigenvalue weighted by Gasteiger charge is 2.43. The SMILES string of the molecule is O=C(OS(c1ccccc1)(c1ccc(Sc2ccc(-c3ccccc3)cc2)cc1)c1ccc(-c2ccccc2)cc1)c1cc(Oc2c(F)c(F)c(F)c(F)c2F)c(Oc2c(F)c(F)c(F)c(F)c2F)c(Oc2c(F)c(F)c(F)c(F)c2F)c1-c1c(F)c(F)c(F)c(F)c1F. The number of carbonyl (C=O) groups is 1. The predicted molar refractivity (Wildman–Crippen MR) is 299 cm³/mol. The van der Waals surface area contributed by atoms with Crippen LogP contribution in [0.15, 0.2) is 194 Å². The maximum absolute atomic E-state index is 16.9. The van der Waals surface area contributed by atoms with Crippen LogP contribution >= 0.6 is 22.1 Å². The van der Waals surface area contributed by atoms with Crippen LogP contribution in [0.1, 0.15) is 10.4 Å². The second kappa shape index (κ2) is 25.9. The van der Waals surface area contributed by atoms with E-state index >= 15 is 79.4 Å². The summed E-state index contributed by atoms with van der Waals surface area (Å²) in [4.78, 5) is 16.9. The second-order valence-corrected chi connectivity index (χ2v) is 23.3. The van der Waals surface area contributed by atoms with Gasteiger partial charge in [-0.25, -0.2) is 66.3 Å². The van der Waals surface area contributed by atoms with E-state index in [4.69, 9.17) is 18.4 Å². The van der Waals surface area contributed by atoms with E-state index in [0.717, 1.165) is 11.1 Å². The van der Waals surface area contributed by atoms with Crippen molar-refractivity contribution < 1.29 is 111 Å². The van der Waals surface area contributed by atoms with E-state index in [9.17, 15) is 13.2 Å². The predicted octanol–water partition coefficient (Wildman–Crippen LogP) is 22.1. The summed E-state index contributed by atoms with van der Waals surface area (Å²) in [7, 11) is -4.14. The van der Waals surface area contributed by atoms with E-state index in [2.05, 4.69) is 0 Å². The molecule has 27 heteroatoms. The minimum atomic E-state index is -4.14. The smallest absolute Gasteiger partial charge is 0.350 e. The standard InChI is InChI=1S/C67H28F20O5S2/c68-42-41(43(69)45(71)46(72)44(42)70)40-38(28-39(89-64-56(82)50(76)47(73)51(77)57(64)83)62(90-65-58(84)52(78)48(74)53(79)59(65)85)63(40)91-66-60(86)54(80)49(75)55(81)61(66)87)67(88)92-94(35-14-8-3-9-15-35,36-24-18-32(19-25-36)30-12-6-2-7-13-30)37-26-22-34(23-27-37)93-33-20-16-31(17-21-33)29-10-4-1-5-11-29/h1-28H. The number of rotatable bonds is 16. The molecule has 0 heterocycles. The third-order valence-electron chi connectivity index (χ3n) is 13.9. The maximum Gasteiger partial charge on any atom is 0.350 e. The molecular formula is C67H28F20O5S2. The number of benzene rings is 11. The first-order valence-electron chi connectivity index (χ1n) is 26.4. The topological polar surface area (TPSA) is 54.0 Å². The third kappa shape index (κ3) is 11.5. The van der Waals surface area contributed by atoms with Crippen molar-refractivity contribution in [3.63, 3.8) is 0 Å². The van der Waals surface area contributed by atoms with Crippen LogP contribution < -0.4 is 14.2 Å². The Morgan fingerprint density at radius 1 is 0.277 bits per heavy atom. The van der Waals surface area contributed by atoms with E-state index < -0.39 is 184 Å². The van der Waals surface area contributed by atoms with Crippen molar-refractivity contribution in [3.8, 4) is 67.9 Å². The van der Waals surface area contributed by atoms with Gasteiger partial charge in [-0.15, -0.1) is 0 Å². The monoisotopic (exact) mass is 1360 g/mol. The zero-order valence-corrected chi connectivity index (χ0v) is 47.7. The number of hydrogen-bond acceptors (Lipinski definition) is 6. The number of hydrogen-bond donors (Lipinski definition) is 0. The Kier molecular flexibility index (Phi) is 18.0. The molecule has 0 N–H and O–H groups in total. The van der Waals surface area contributed by atoms with E-state index in [-0.39, 0.29) is 20.8 Å². The van der Waals surface area contributed by atoms with Gasteiger partial charge in [0, 0.05) is 36.1 Å². The molecule has 1 unspecified atom stereocenters. The van der Waals surface area contributed by atoms with Gasteiger partial charge in [-0.05, 0) is 93.2 Å². The van der Waals surface area contributed by atoms with Crippen molar-refractivity contribution in [3.05, 3.63) is 292 Å². The molecule has 94 heavy (non-hydrogen) atoms. The Hall–Kier alpha value is -10.4. The fourth-order valence-corrected chi connectivity index (χ4v) is 13.2. The molecular weight excluding hydrogens is 1330 g/mol. The Morgan fingerprint density at radius 2 is 0.564 bits per heavy atom. The van der Waals surface area contributed by atoms with Gasteiger partial charge in [0.25, 0.3) is 0 Å². The lowest BCUT2D eigenvalue weighted by Gasteiger charge is -2.40. The highest BCUT2D eigenvalue weighted by molar-refractivity contribution is 8.30. The molecule has 1 atom stereocenters. The van der Waals surface area contributed by atoms with Crippen molar-refractivity contribution >= 4 is 28.0 Å². The van der Waals surface area contributed by atoms with Crippen molar-refractivity contribution in [2.75, 3.05) is 0 Å². The molecule has 5 nitrogen and oxygen atoms in total. The van der Waals surface area contributed by atoms with E-state index in [1.807, 2.05) is 42.5 Å². The van der Waals surface area contributed by atoms with Crippen molar-refractivity contribution in [1.82, 2.24) is 0 Å². The van der Waals surface area contributed by atoms with Gasteiger partial charge in [-0.2, -0.15) is 26.3 Å². The Labute approximate surface area is 521 Å². The zero-order chi connectivity index (χ0) is 67.4. The van der Waals surface area contributed by atoms with Crippen molar-refractivity contribution in [2.45, 2.75) is 24.5 Å². The van der Waals surface area contributed by atoms with Gasteiger partial charge in [-0.1, -0.05) is 115 Å². The third-order valence-corrected chi connectivity index (χ3v) is 18.2. The lowest BCUT2D eigenvalue weighted by atomic mass is 9.95. The van der Waals surface area contributed by atoms with Crippen LogP contribution in [-0.2, 0) is 4.18 Å². The van der Waals surface area contributed by atoms with Crippen LogP contribution in [0.3, 0.4) is 0 Å². The molecule has 11 aromatic rings. The highest BCUT2D eigenvalue weighted by Crippen LogP contribution is 2.70. The lowest BCUT2D eigenvalue weighted by molar-refractivity contribution is 0.0757. The quantitative estimate of drug-likeness (QED) is 0.0546. The summed E-state index contributed by atoms with van der Waals surface area (Å²) in [6.07, 6.45) is 0. The molecule has 0 spiro atoms. The van der Waals surface area contributed by atoms with Crippen molar-refractivity contribution in [1.29, 1.82) is 0 Å². The van der Waals surface area contributed by atoms with Crippen LogP contribution in [0.25, 0.3) is 33.4 Å². The van der Waals surface area contributed by atoms with Gasteiger partial charge in [0.15, 0.2) is 34.8 Å². The van der Waals surface area contributed by atoms with Crippen LogP contribution in [0.4, 0.5) is 87.8 Å². The normalized spacial score (nSPS) is 12.3. The van der Waals surface area contributed by atoms with Gasteiger partial charge in [0.05, 0.1) is 11.1 Å². The molecule has 0 radical (unpaired) electrons. The zero-order valence-electron chi connectivity index (χ0n) is 46.1. The molecule has 0 fully saturated rings. The van der Waals surface area contributed by atoms with Gasteiger partial charge in [0.2, 0.25) is 116 Å². The number of ether oxygens (including phenoxy) is 3. The number of carbonyl (C=O) groups excluding carboxylic acids is 1. The molecule has 0 saturated heterocycles. The maximum atomic E-state index is 16.9. The first-order chi connectivity index (χ1) is 44.8. The molecule has 11 rings (SSSR count).